The van der Waals surface area contributed by atoms with E-state index in [1.807, 2.05) is 53.9 Å². The highest BCUT2D eigenvalue weighted by molar-refractivity contribution is 8.06. The van der Waals surface area contributed by atoms with Gasteiger partial charge in [-0.05, 0) is 18.6 Å². The monoisotopic (exact) mass is 321 g/mol. The summed E-state index contributed by atoms with van der Waals surface area (Å²) < 4.78 is 5.39. The fraction of sp³-hybridized carbons (Fsp3) is 0.467. The topological polar surface area (TPSA) is 51.0 Å². The van der Waals surface area contributed by atoms with Crippen LogP contribution in [0.15, 0.2) is 34.9 Å². The summed E-state index contributed by atoms with van der Waals surface area (Å²) in [5.41, 5.74) is 1.06. The van der Waals surface area contributed by atoms with Gasteiger partial charge in [-0.25, -0.2) is 0 Å². The van der Waals surface area contributed by atoms with Crippen molar-refractivity contribution in [2.45, 2.75) is 30.4 Å². The van der Waals surface area contributed by atoms with Gasteiger partial charge in [0.05, 0.1) is 11.8 Å². The van der Waals surface area contributed by atoms with Gasteiger partial charge in [-0.1, -0.05) is 30.3 Å². The summed E-state index contributed by atoms with van der Waals surface area (Å²) in [5.74, 6) is 3.89. The van der Waals surface area contributed by atoms with E-state index < -0.39 is 0 Å². The lowest BCUT2D eigenvalue weighted by Crippen LogP contribution is -2.19. The maximum Gasteiger partial charge on any atom is 0.245 e. The zero-order valence-corrected chi connectivity index (χ0v) is 13.6. The molecule has 2 atom stereocenters. The highest BCUT2D eigenvalue weighted by Crippen LogP contribution is 2.42. The second-order valence-electron chi connectivity index (χ2n) is 4.87. The van der Waals surface area contributed by atoms with Crippen LogP contribution < -0.4 is 5.32 Å². The number of aromatic nitrogens is 2. The van der Waals surface area contributed by atoms with Gasteiger partial charge in [0.2, 0.25) is 5.89 Å². The van der Waals surface area contributed by atoms with E-state index in [4.69, 9.17) is 4.52 Å². The van der Waals surface area contributed by atoms with E-state index in [0.29, 0.717) is 22.9 Å². The van der Waals surface area contributed by atoms with Gasteiger partial charge in [0, 0.05) is 22.4 Å². The largest absolute Gasteiger partial charge is 0.376 e. The molecule has 1 aromatic carbocycles. The van der Waals surface area contributed by atoms with Crippen LogP contribution in [-0.4, -0.2) is 26.9 Å². The van der Waals surface area contributed by atoms with Crippen molar-refractivity contribution in [3.8, 4) is 0 Å². The Kier molecular flexibility index (Phi) is 5.08. The second-order valence-corrected chi connectivity index (χ2v) is 7.47. The lowest BCUT2D eigenvalue weighted by Gasteiger charge is -2.27. The first-order valence-electron chi connectivity index (χ1n) is 7.21. The number of hydrogen-bond donors (Lipinski definition) is 1. The van der Waals surface area contributed by atoms with Crippen LogP contribution in [0.3, 0.4) is 0 Å². The maximum absolute atomic E-state index is 5.39. The van der Waals surface area contributed by atoms with Crippen molar-refractivity contribution in [1.82, 2.24) is 10.1 Å². The summed E-state index contributed by atoms with van der Waals surface area (Å²) in [6, 6.07) is 10.1. The zero-order chi connectivity index (χ0) is 14.5. The Balaban J connectivity index is 1.63. The van der Waals surface area contributed by atoms with Crippen LogP contribution in [0.2, 0.25) is 0 Å². The van der Waals surface area contributed by atoms with Gasteiger partial charge in [0.15, 0.2) is 5.82 Å². The van der Waals surface area contributed by atoms with Crippen molar-refractivity contribution in [2.24, 2.45) is 0 Å². The van der Waals surface area contributed by atoms with Crippen LogP contribution in [0.5, 0.6) is 0 Å². The molecule has 0 saturated carbocycles. The van der Waals surface area contributed by atoms with Crippen LogP contribution in [0.1, 0.15) is 30.3 Å². The molecular weight excluding hydrogens is 302 g/mol. The Morgan fingerprint density at radius 3 is 2.86 bits per heavy atom. The SMILES string of the molecule is CCC1SCCSC1c1noc(CNc2ccccc2)n1. The first kappa shape index (κ1) is 14.8. The molecule has 0 amide bonds. The number of nitrogens with zero attached hydrogens (tertiary/aromatic N) is 2. The smallest absolute Gasteiger partial charge is 0.245 e. The molecule has 0 spiro atoms. The molecule has 1 N–H and O–H groups in total. The molecule has 6 heteroatoms. The number of benzene rings is 1. The highest BCUT2D eigenvalue weighted by atomic mass is 32.2. The number of hydrogen-bond acceptors (Lipinski definition) is 6. The van der Waals surface area contributed by atoms with Crippen LogP contribution in [-0.2, 0) is 6.54 Å². The number of para-hydroxylation sites is 1. The minimum atomic E-state index is 0.364. The quantitative estimate of drug-likeness (QED) is 0.899. The summed E-state index contributed by atoms with van der Waals surface area (Å²) in [4.78, 5) is 4.57. The van der Waals surface area contributed by atoms with Crippen molar-refractivity contribution in [1.29, 1.82) is 0 Å². The molecule has 0 bridgehead atoms. The normalized spacial score (nSPS) is 22.1. The fourth-order valence-electron chi connectivity index (χ4n) is 2.33. The Labute approximate surface area is 133 Å². The third-order valence-electron chi connectivity index (χ3n) is 3.41. The molecule has 1 fully saturated rings. The summed E-state index contributed by atoms with van der Waals surface area (Å²) in [7, 11) is 0. The predicted molar refractivity (Wildman–Crippen MR) is 89.8 cm³/mol. The lowest BCUT2D eigenvalue weighted by molar-refractivity contribution is 0.377. The van der Waals surface area contributed by atoms with Crippen LogP contribution >= 0.6 is 23.5 Å². The average molecular weight is 321 g/mol. The van der Waals surface area contributed by atoms with Gasteiger partial charge in [-0.2, -0.15) is 16.7 Å². The third kappa shape index (κ3) is 3.74. The fourth-order valence-corrected chi connectivity index (χ4v) is 5.31. The molecule has 1 aliphatic heterocycles. The molecule has 2 unspecified atom stereocenters. The van der Waals surface area contributed by atoms with E-state index in [-0.39, 0.29) is 0 Å². The Bertz CT molecular complexity index is 561. The molecule has 4 nitrogen and oxygen atoms in total. The molecule has 112 valence electrons. The van der Waals surface area contributed by atoms with E-state index >= 15 is 0 Å². The predicted octanol–water partition coefficient (Wildman–Crippen LogP) is 3.98. The van der Waals surface area contributed by atoms with E-state index in [1.165, 1.54) is 5.75 Å². The van der Waals surface area contributed by atoms with Crippen LogP contribution in [0.4, 0.5) is 5.69 Å². The van der Waals surface area contributed by atoms with Gasteiger partial charge < -0.3 is 9.84 Å². The minimum absolute atomic E-state index is 0.364. The molecule has 21 heavy (non-hydrogen) atoms. The van der Waals surface area contributed by atoms with Gasteiger partial charge >= 0.3 is 0 Å². The molecule has 1 saturated heterocycles. The zero-order valence-electron chi connectivity index (χ0n) is 12.0. The standard InChI is InChI=1S/C15H19N3OS2/c1-2-12-14(21-9-8-20-12)15-17-13(19-18-15)10-16-11-6-4-3-5-7-11/h3-7,12,14,16H,2,8-10H2,1H3. The minimum Gasteiger partial charge on any atom is -0.376 e. The number of nitrogens with one attached hydrogen (secondary N) is 1. The molecule has 1 aromatic heterocycles. The number of anilines is 1. The van der Waals surface area contributed by atoms with E-state index in [1.54, 1.807) is 0 Å². The molecular formula is C15H19N3OS2. The molecule has 3 rings (SSSR count). The molecule has 1 aliphatic rings. The van der Waals surface area contributed by atoms with Gasteiger partial charge in [-0.15, -0.1) is 11.8 Å². The van der Waals surface area contributed by atoms with Crippen molar-refractivity contribution in [2.75, 3.05) is 16.8 Å². The number of thioether (sulfide) groups is 2. The van der Waals surface area contributed by atoms with Crippen molar-refractivity contribution >= 4 is 29.2 Å². The molecule has 2 aromatic rings. The summed E-state index contributed by atoms with van der Waals surface area (Å²) >= 11 is 3.98. The summed E-state index contributed by atoms with van der Waals surface area (Å²) in [5, 5.41) is 8.44. The number of rotatable bonds is 5. The summed E-state index contributed by atoms with van der Waals surface area (Å²) in [6.45, 7) is 2.80. The Morgan fingerprint density at radius 2 is 2.05 bits per heavy atom. The Morgan fingerprint density at radius 1 is 1.24 bits per heavy atom. The van der Waals surface area contributed by atoms with Crippen LogP contribution in [0, 0.1) is 0 Å². The molecule has 2 heterocycles. The van der Waals surface area contributed by atoms with Crippen LogP contribution in [0.25, 0.3) is 0 Å². The lowest BCUT2D eigenvalue weighted by atomic mass is 10.2. The highest BCUT2D eigenvalue weighted by Gasteiger charge is 2.30. The van der Waals surface area contributed by atoms with E-state index in [9.17, 15) is 0 Å². The average Bonchev–Trinajstić information content (AvgIpc) is 3.02. The van der Waals surface area contributed by atoms with E-state index in [2.05, 4.69) is 22.4 Å². The van der Waals surface area contributed by atoms with Crippen molar-refractivity contribution < 1.29 is 4.52 Å². The molecule has 0 radical (unpaired) electrons. The van der Waals surface area contributed by atoms with Gasteiger partial charge in [-0.3, -0.25) is 0 Å². The Hall–Kier alpha value is -1.14. The van der Waals surface area contributed by atoms with Gasteiger partial charge in [0.25, 0.3) is 0 Å². The third-order valence-corrected chi connectivity index (χ3v) is 6.65. The first-order valence-corrected chi connectivity index (χ1v) is 9.31. The van der Waals surface area contributed by atoms with E-state index in [0.717, 1.165) is 23.7 Å². The maximum atomic E-state index is 5.39. The summed E-state index contributed by atoms with van der Waals surface area (Å²) in [6.07, 6.45) is 1.15. The van der Waals surface area contributed by atoms with Gasteiger partial charge in [0.1, 0.15) is 0 Å². The molecule has 0 aliphatic carbocycles. The second kappa shape index (κ2) is 7.22. The van der Waals surface area contributed by atoms with Crippen molar-refractivity contribution in [3.63, 3.8) is 0 Å². The van der Waals surface area contributed by atoms with Crippen molar-refractivity contribution in [3.05, 3.63) is 42.0 Å². The first-order chi connectivity index (χ1) is 10.4.